The zero-order chi connectivity index (χ0) is 20.7. The van der Waals surface area contributed by atoms with Crippen LogP contribution < -0.4 is 20.1 Å². The summed E-state index contributed by atoms with van der Waals surface area (Å²) in [4.78, 5) is 11.5. The SMILES string of the molecule is CS(=O)(=O)Nc1ccc(CCCNCCOc2cccc3c2CCC(=O)N3)cc1.Cl. The molecule has 2 aromatic carbocycles. The second-order valence-corrected chi connectivity index (χ2v) is 8.85. The Hall–Kier alpha value is -2.29. The summed E-state index contributed by atoms with van der Waals surface area (Å²) in [5.41, 5.74) is 3.67. The fraction of sp³-hybridized carbons (Fsp3) is 0.381. The van der Waals surface area contributed by atoms with E-state index in [4.69, 9.17) is 4.74 Å². The maximum atomic E-state index is 11.5. The molecule has 0 bridgehead atoms. The predicted molar refractivity (Wildman–Crippen MR) is 122 cm³/mol. The standard InChI is InChI=1S/C21H27N3O4S.ClH/c1-29(26,27)24-17-9-7-16(8-10-17)4-3-13-22-14-15-28-20-6-2-5-19-18(20)11-12-21(25)23-19;/h2,5-10,22,24H,3-4,11-15H2,1H3,(H,23,25);1H. The molecular weight excluding hydrogens is 426 g/mol. The quantitative estimate of drug-likeness (QED) is 0.480. The zero-order valence-electron chi connectivity index (χ0n) is 16.9. The van der Waals surface area contributed by atoms with Crippen LogP contribution in [0.25, 0.3) is 0 Å². The van der Waals surface area contributed by atoms with E-state index in [1.165, 1.54) is 5.56 Å². The van der Waals surface area contributed by atoms with Crippen LogP contribution in [-0.4, -0.2) is 40.3 Å². The highest BCUT2D eigenvalue weighted by Crippen LogP contribution is 2.30. The van der Waals surface area contributed by atoms with Gasteiger partial charge in [0.2, 0.25) is 15.9 Å². The molecule has 0 aliphatic carbocycles. The number of nitrogens with one attached hydrogen (secondary N) is 3. The van der Waals surface area contributed by atoms with Crippen molar-refractivity contribution >= 4 is 39.7 Å². The van der Waals surface area contributed by atoms with E-state index in [2.05, 4.69) is 15.4 Å². The molecule has 7 nitrogen and oxygen atoms in total. The number of carbonyl (C=O) groups excluding carboxylic acids is 1. The molecule has 1 aliphatic rings. The first kappa shape index (κ1) is 24.0. The fourth-order valence-corrected chi connectivity index (χ4v) is 3.82. The molecule has 9 heteroatoms. The van der Waals surface area contributed by atoms with Crippen LogP contribution in [0.4, 0.5) is 11.4 Å². The van der Waals surface area contributed by atoms with Gasteiger partial charge in [-0.15, -0.1) is 12.4 Å². The Kier molecular flexibility index (Phi) is 8.95. The van der Waals surface area contributed by atoms with Crippen molar-refractivity contribution in [3.8, 4) is 5.75 Å². The summed E-state index contributed by atoms with van der Waals surface area (Å²) >= 11 is 0. The third-order valence-electron chi connectivity index (χ3n) is 4.62. The lowest BCUT2D eigenvalue weighted by molar-refractivity contribution is -0.116. The van der Waals surface area contributed by atoms with E-state index in [1.54, 1.807) is 12.1 Å². The Morgan fingerprint density at radius 2 is 1.83 bits per heavy atom. The van der Waals surface area contributed by atoms with Gasteiger partial charge in [-0.25, -0.2) is 8.42 Å². The molecule has 164 valence electrons. The first-order chi connectivity index (χ1) is 13.9. The molecule has 0 aromatic heterocycles. The highest BCUT2D eigenvalue weighted by atomic mass is 35.5. The Morgan fingerprint density at radius 3 is 2.57 bits per heavy atom. The van der Waals surface area contributed by atoms with E-state index in [-0.39, 0.29) is 18.3 Å². The van der Waals surface area contributed by atoms with E-state index in [0.717, 1.165) is 49.2 Å². The van der Waals surface area contributed by atoms with Gasteiger partial charge in [0.15, 0.2) is 0 Å². The maximum Gasteiger partial charge on any atom is 0.229 e. The summed E-state index contributed by atoms with van der Waals surface area (Å²) in [5, 5.41) is 6.25. The molecule has 2 aromatic rings. The Balaban J connectivity index is 0.00000320. The number of anilines is 2. The first-order valence-corrected chi connectivity index (χ1v) is 11.6. The number of hydrogen-bond acceptors (Lipinski definition) is 5. The number of fused-ring (bicyclic) bond motifs is 1. The van der Waals surface area contributed by atoms with Crippen LogP contribution in [0.2, 0.25) is 0 Å². The van der Waals surface area contributed by atoms with E-state index < -0.39 is 10.0 Å². The molecule has 0 radical (unpaired) electrons. The van der Waals surface area contributed by atoms with Gasteiger partial charge in [-0.1, -0.05) is 18.2 Å². The van der Waals surface area contributed by atoms with Crippen LogP contribution in [-0.2, 0) is 27.7 Å². The van der Waals surface area contributed by atoms with E-state index in [0.29, 0.717) is 25.1 Å². The fourth-order valence-electron chi connectivity index (χ4n) is 3.26. The second-order valence-electron chi connectivity index (χ2n) is 7.10. The molecule has 0 atom stereocenters. The number of amides is 1. The number of hydrogen-bond donors (Lipinski definition) is 3. The summed E-state index contributed by atoms with van der Waals surface area (Å²) in [6.07, 6.45) is 4.24. The average molecular weight is 454 g/mol. The van der Waals surface area contributed by atoms with Crippen LogP contribution in [0.1, 0.15) is 24.0 Å². The van der Waals surface area contributed by atoms with Crippen molar-refractivity contribution in [2.75, 3.05) is 36.0 Å². The van der Waals surface area contributed by atoms with Gasteiger partial charge >= 0.3 is 0 Å². The largest absolute Gasteiger partial charge is 0.492 e. The molecule has 1 aliphatic heterocycles. The topological polar surface area (TPSA) is 96.5 Å². The van der Waals surface area contributed by atoms with Crippen LogP contribution in [0.5, 0.6) is 5.75 Å². The van der Waals surface area contributed by atoms with Crippen molar-refractivity contribution in [3.63, 3.8) is 0 Å². The minimum absolute atomic E-state index is 0. The predicted octanol–water partition coefficient (Wildman–Crippen LogP) is 2.97. The molecule has 1 heterocycles. The van der Waals surface area contributed by atoms with E-state index >= 15 is 0 Å². The van der Waals surface area contributed by atoms with E-state index in [9.17, 15) is 13.2 Å². The Bertz CT molecular complexity index is 949. The van der Waals surface area contributed by atoms with Crippen molar-refractivity contribution in [2.45, 2.75) is 25.7 Å². The Labute approximate surface area is 184 Å². The normalized spacial score (nSPS) is 13.0. The molecule has 30 heavy (non-hydrogen) atoms. The zero-order valence-corrected chi connectivity index (χ0v) is 18.6. The number of rotatable bonds is 10. The lowest BCUT2D eigenvalue weighted by Crippen LogP contribution is -2.23. The molecule has 0 saturated carbocycles. The first-order valence-electron chi connectivity index (χ1n) is 9.73. The van der Waals surface area contributed by atoms with Gasteiger partial charge in [0.25, 0.3) is 0 Å². The van der Waals surface area contributed by atoms with Crippen molar-refractivity contribution in [1.82, 2.24) is 5.32 Å². The maximum absolute atomic E-state index is 11.5. The van der Waals surface area contributed by atoms with Crippen molar-refractivity contribution < 1.29 is 17.9 Å². The van der Waals surface area contributed by atoms with Gasteiger partial charge in [0.05, 0.1) is 6.26 Å². The number of benzene rings is 2. The molecule has 3 N–H and O–H groups in total. The molecule has 0 unspecified atom stereocenters. The molecule has 0 fully saturated rings. The third-order valence-corrected chi connectivity index (χ3v) is 5.23. The molecule has 1 amide bonds. The number of ether oxygens (including phenoxy) is 1. The van der Waals surface area contributed by atoms with Gasteiger partial charge in [0.1, 0.15) is 12.4 Å². The van der Waals surface area contributed by atoms with Crippen molar-refractivity contribution in [1.29, 1.82) is 0 Å². The van der Waals surface area contributed by atoms with Gasteiger partial charge in [-0.3, -0.25) is 9.52 Å². The summed E-state index contributed by atoms with van der Waals surface area (Å²) in [6.45, 7) is 2.18. The van der Waals surface area contributed by atoms with Gasteiger partial charge in [-0.05, 0) is 55.6 Å². The van der Waals surface area contributed by atoms with E-state index in [1.807, 2.05) is 30.3 Å². The number of aryl methyl sites for hydroxylation is 1. The number of sulfonamides is 1. The lowest BCUT2D eigenvalue weighted by atomic mass is 10.0. The van der Waals surface area contributed by atoms with Gasteiger partial charge in [0, 0.05) is 29.9 Å². The molecule has 3 rings (SSSR count). The summed E-state index contributed by atoms with van der Waals surface area (Å²) < 4.78 is 30.8. The summed E-state index contributed by atoms with van der Waals surface area (Å²) in [5.74, 6) is 0.893. The van der Waals surface area contributed by atoms with Crippen LogP contribution >= 0.6 is 12.4 Å². The van der Waals surface area contributed by atoms with Gasteiger partial charge < -0.3 is 15.4 Å². The molecule has 0 spiro atoms. The highest BCUT2D eigenvalue weighted by Gasteiger charge is 2.18. The van der Waals surface area contributed by atoms with Crippen molar-refractivity contribution in [3.05, 3.63) is 53.6 Å². The summed E-state index contributed by atoms with van der Waals surface area (Å²) in [7, 11) is -3.24. The lowest BCUT2D eigenvalue weighted by Gasteiger charge is -2.20. The average Bonchev–Trinajstić information content (AvgIpc) is 2.67. The molecule has 0 saturated heterocycles. The van der Waals surface area contributed by atoms with Crippen LogP contribution in [0, 0.1) is 0 Å². The number of carbonyl (C=O) groups is 1. The number of halogens is 1. The van der Waals surface area contributed by atoms with Gasteiger partial charge in [-0.2, -0.15) is 0 Å². The second kappa shape index (κ2) is 11.2. The van der Waals surface area contributed by atoms with Crippen molar-refractivity contribution in [2.24, 2.45) is 0 Å². The monoisotopic (exact) mass is 453 g/mol. The Morgan fingerprint density at radius 1 is 1.07 bits per heavy atom. The highest BCUT2D eigenvalue weighted by molar-refractivity contribution is 7.92. The van der Waals surface area contributed by atoms with Crippen LogP contribution in [0.15, 0.2) is 42.5 Å². The molecular formula is C21H28ClN3O4S. The minimum Gasteiger partial charge on any atom is -0.492 e. The summed E-state index contributed by atoms with van der Waals surface area (Å²) in [6, 6.07) is 13.2. The van der Waals surface area contributed by atoms with Crippen LogP contribution in [0.3, 0.4) is 0 Å². The smallest absolute Gasteiger partial charge is 0.229 e. The third kappa shape index (κ3) is 7.51. The minimum atomic E-state index is -3.24.